The molecule has 0 aliphatic carbocycles. The van der Waals surface area contributed by atoms with Crippen LogP contribution in [0.15, 0.2) is 21.7 Å². The van der Waals surface area contributed by atoms with Crippen LogP contribution in [0, 0.1) is 13.8 Å². The normalized spacial score (nSPS) is 11.2. The van der Waals surface area contributed by atoms with E-state index in [0.29, 0.717) is 5.88 Å². The summed E-state index contributed by atoms with van der Waals surface area (Å²) in [5.41, 5.74) is 4.82. The molecule has 136 valence electrons. The van der Waals surface area contributed by atoms with Crippen LogP contribution < -0.4 is 10.3 Å². The highest BCUT2D eigenvalue weighted by Crippen LogP contribution is 2.18. The summed E-state index contributed by atoms with van der Waals surface area (Å²) in [6, 6.07) is 3.92. The Morgan fingerprint density at radius 1 is 1.12 bits per heavy atom. The Bertz CT molecular complexity index is 682. The molecule has 0 radical (unpaired) electrons. The Morgan fingerprint density at radius 2 is 1.84 bits per heavy atom. The van der Waals surface area contributed by atoms with Crippen molar-refractivity contribution in [1.82, 2.24) is 9.97 Å². The topological polar surface area (TPSA) is 66.5 Å². The summed E-state index contributed by atoms with van der Waals surface area (Å²) in [4.78, 5) is 11.5. The molecule has 0 atom stereocenters. The number of aryl methyl sites for hydroxylation is 3. The van der Waals surface area contributed by atoms with Crippen molar-refractivity contribution in [3.05, 3.63) is 35.0 Å². The Balaban J connectivity index is 2.18. The number of nitrogens with zero attached hydrogens (tertiary/aromatic N) is 4. The second kappa shape index (κ2) is 9.20. The molecule has 0 amide bonds. The molecular weight excluding hydrogens is 314 g/mol. The van der Waals surface area contributed by atoms with Gasteiger partial charge >= 0.3 is 0 Å². The van der Waals surface area contributed by atoms with Gasteiger partial charge in [-0.05, 0) is 32.3 Å². The van der Waals surface area contributed by atoms with E-state index >= 15 is 0 Å². The Kier molecular flexibility index (Phi) is 6.98. The molecule has 1 N–H and O–H groups in total. The minimum Gasteiger partial charge on any atom is -0.444 e. The molecule has 0 aromatic carbocycles. The maximum Gasteiger partial charge on any atom is 0.213 e. The molecule has 2 heterocycles. The lowest BCUT2D eigenvalue weighted by Gasteiger charge is -2.23. The van der Waals surface area contributed by atoms with E-state index in [9.17, 15) is 0 Å². The third kappa shape index (κ3) is 5.31. The van der Waals surface area contributed by atoms with Crippen LogP contribution >= 0.6 is 0 Å². The third-order valence-corrected chi connectivity index (χ3v) is 3.94. The van der Waals surface area contributed by atoms with Gasteiger partial charge in [-0.15, -0.1) is 0 Å². The number of hydrogen-bond acceptors (Lipinski definition) is 6. The van der Waals surface area contributed by atoms with Crippen LogP contribution in [0.4, 0.5) is 11.7 Å². The number of nitrogens with one attached hydrogen (secondary N) is 1. The SMILES string of the molecule is CCCN(CCC)c1cc(/C=N/Nc2cc(C)c(C)o2)nc(CC)n1. The van der Waals surface area contributed by atoms with E-state index in [1.54, 1.807) is 6.21 Å². The maximum atomic E-state index is 5.56. The standard InChI is InChI=1S/C19H29N5O/c1-6-9-24(10-7-2)18-12-16(21-17(8-3)22-18)13-20-23-19-11-14(4)15(5)25-19/h11-13,23H,6-10H2,1-5H3/b20-13+. The van der Waals surface area contributed by atoms with Gasteiger partial charge in [0.1, 0.15) is 17.4 Å². The van der Waals surface area contributed by atoms with Gasteiger partial charge in [-0.25, -0.2) is 15.4 Å². The first kappa shape index (κ1) is 19.0. The van der Waals surface area contributed by atoms with Crippen LogP contribution in [0.2, 0.25) is 0 Å². The first-order chi connectivity index (χ1) is 12.1. The minimum atomic E-state index is 0.634. The number of anilines is 2. The molecule has 0 unspecified atom stereocenters. The fourth-order valence-corrected chi connectivity index (χ4v) is 2.56. The lowest BCUT2D eigenvalue weighted by atomic mass is 10.3. The van der Waals surface area contributed by atoms with E-state index in [4.69, 9.17) is 4.42 Å². The molecule has 25 heavy (non-hydrogen) atoms. The highest BCUT2D eigenvalue weighted by atomic mass is 16.4. The van der Waals surface area contributed by atoms with Crippen LogP contribution in [0.25, 0.3) is 0 Å². The number of rotatable bonds is 9. The summed E-state index contributed by atoms with van der Waals surface area (Å²) >= 11 is 0. The predicted octanol–water partition coefficient (Wildman–Crippen LogP) is 4.32. The summed E-state index contributed by atoms with van der Waals surface area (Å²) in [5.74, 6) is 3.34. The van der Waals surface area contributed by atoms with E-state index in [1.165, 1.54) is 0 Å². The van der Waals surface area contributed by atoms with Gasteiger partial charge in [-0.2, -0.15) is 5.10 Å². The van der Waals surface area contributed by atoms with Crippen molar-refractivity contribution >= 4 is 17.9 Å². The summed E-state index contributed by atoms with van der Waals surface area (Å²) in [6.07, 6.45) is 4.69. The van der Waals surface area contributed by atoms with Crippen molar-refractivity contribution in [2.45, 2.75) is 53.9 Å². The van der Waals surface area contributed by atoms with Gasteiger partial charge in [0.2, 0.25) is 5.88 Å². The molecule has 0 fully saturated rings. The van der Waals surface area contributed by atoms with Crippen molar-refractivity contribution in [1.29, 1.82) is 0 Å². The largest absolute Gasteiger partial charge is 0.444 e. The van der Waals surface area contributed by atoms with Crippen molar-refractivity contribution in [2.24, 2.45) is 5.10 Å². The van der Waals surface area contributed by atoms with Crippen molar-refractivity contribution in [3.8, 4) is 0 Å². The molecule has 6 heteroatoms. The minimum absolute atomic E-state index is 0.634. The second-order valence-corrected chi connectivity index (χ2v) is 6.13. The van der Waals surface area contributed by atoms with Crippen LogP contribution in [0.5, 0.6) is 0 Å². The van der Waals surface area contributed by atoms with Crippen LogP contribution in [0.1, 0.15) is 56.5 Å². The average molecular weight is 343 g/mol. The van der Waals surface area contributed by atoms with Crippen LogP contribution in [-0.2, 0) is 6.42 Å². The van der Waals surface area contributed by atoms with Crippen molar-refractivity contribution < 1.29 is 4.42 Å². The van der Waals surface area contributed by atoms with Crippen LogP contribution in [0.3, 0.4) is 0 Å². The smallest absolute Gasteiger partial charge is 0.213 e. The van der Waals surface area contributed by atoms with Gasteiger partial charge in [0.05, 0.1) is 11.9 Å². The van der Waals surface area contributed by atoms with Gasteiger partial charge in [0.15, 0.2) is 0 Å². The lowest BCUT2D eigenvalue weighted by molar-refractivity contribution is 0.545. The summed E-state index contributed by atoms with van der Waals surface area (Å²) < 4.78 is 5.56. The molecule has 0 bridgehead atoms. The zero-order valence-electron chi connectivity index (χ0n) is 16.0. The lowest BCUT2D eigenvalue weighted by Crippen LogP contribution is -2.26. The van der Waals surface area contributed by atoms with E-state index in [2.05, 4.69) is 46.2 Å². The van der Waals surface area contributed by atoms with Gasteiger partial charge in [0.25, 0.3) is 0 Å². The summed E-state index contributed by atoms with van der Waals surface area (Å²) in [6.45, 7) is 12.4. The van der Waals surface area contributed by atoms with E-state index in [0.717, 1.165) is 61.0 Å². The number of hydrazone groups is 1. The Labute approximate surface area is 150 Å². The Hall–Kier alpha value is -2.37. The molecule has 0 aliphatic heterocycles. The fourth-order valence-electron chi connectivity index (χ4n) is 2.56. The van der Waals surface area contributed by atoms with Crippen LogP contribution in [-0.4, -0.2) is 29.3 Å². The quantitative estimate of drug-likeness (QED) is 0.542. The molecule has 2 aromatic rings. The van der Waals surface area contributed by atoms with Gasteiger partial charge < -0.3 is 9.32 Å². The van der Waals surface area contributed by atoms with Gasteiger partial charge in [-0.3, -0.25) is 0 Å². The monoisotopic (exact) mass is 343 g/mol. The molecule has 0 spiro atoms. The molecular formula is C19H29N5O. The average Bonchev–Trinajstić information content (AvgIpc) is 2.92. The van der Waals surface area contributed by atoms with E-state index in [-0.39, 0.29) is 0 Å². The summed E-state index contributed by atoms with van der Waals surface area (Å²) in [7, 11) is 0. The zero-order chi connectivity index (χ0) is 18.2. The molecule has 0 aliphatic rings. The molecule has 0 saturated heterocycles. The van der Waals surface area contributed by atoms with E-state index < -0.39 is 0 Å². The van der Waals surface area contributed by atoms with Crippen molar-refractivity contribution in [2.75, 3.05) is 23.4 Å². The second-order valence-electron chi connectivity index (χ2n) is 6.13. The highest BCUT2D eigenvalue weighted by molar-refractivity contribution is 5.78. The zero-order valence-corrected chi connectivity index (χ0v) is 16.0. The molecule has 0 saturated carbocycles. The fraction of sp³-hybridized carbons (Fsp3) is 0.526. The molecule has 6 nitrogen and oxygen atoms in total. The Morgan fingerprint density at radius 3 is 2.40 bits per heavy atom. The maximum absolute atomic E-state index is 5.56. The van der Waals surface area contributed by atoms with Crippen molar-refractivity contribution in [3.63, 3.8) is 0 Å². The van der Waals surface area contributed by atoms with E-state index in [1.807, 2.05) is 26.0 Å². The number of aromatic nitrogens is 2. The molecule has 2 aromatic heterocycles. The van der Waals surface area contributed by atoms with Gasteiger partial charge in [0, 0.05) is 31.6 Å². The first-order valence-electron chi connectivity index (χ1n) is 9.06. The third-order valence-electron chi connectivity index (χ3n) is 3.94. The molecule has 2 rings (SSSR count). The summed E-state index contributed by atoms with van der Waals surface area (Å²) in [5, 5.41) is 4.26. The predicted molar refractivity (Wildman–Crippen MR) is 104 cm³/mol. The first-order valence-corrected chi connectivity index (χ1v) is 9.06. The number of hydrogen-bond donors (Lipinski definition) is 1. The van der Waals surface area contributed by atoms with Gasteiger partial charge in [-0.1, -0.05) is 20.8 Å². The number of furan rings is 1. The highest BCUT2D eigenvalue weighted by Gasteiger charge is 2.09.